The van der Waals surface area contributed by atoms with Crippen molar-refractivity contribution >= 4 is 9.84 Å². The molecular weight excluding hydrogens is 364 g/mol. The lowest BCUT2D eigenvalue weighted by molar-refractivity contribution is -0.181. The molecule has 4 unspecified atom stereocenters. The van der Waals surface area contributed by atoms with Crippen LogP contribution in [0.5, 0.6) is 0 Å². The molecule has 6 heteroatoms. The first-order valence-electron chi connectivity index (χ1n) is 9.16. The van der Waals surface area contributed by atoms with Crippen molar-refractivity contribution in [1.29, 1.82) is 0 Å². The highest BCUT2D eigenvalue weighted by atomic mass is 32.2. The van der Waals surface area contributed by atoms with Gasteiger partial charge >= 0.3 is 0 Å². The molecule has 27 heavy (non-hydrogen) atoms. The Hall–Kier alpha value is -1.69. The Kier molecular flexibility index (Phi) is 6.04. The van der Waals surface area contributed by atoms with Crippen LogP contribution >= 0.6 is 0 Å². The van der Waals surface area contributed by atoms with Crippen molar-refractivity contribution in [3.8, 4) is 0 Å². The Labute approximate surface area is 160 Å². The van der Waals surface area contributed by atoms with Gasteiger partial charge < -0.3 is 14.6 Å². The molecule has 0 aliphatic carbocycles. The first-order chi connectivity index (χ1) is 12.9. The molecule has 0 saturated carbocycles. The maximum Gasteiger partial charge on any atom is 0.199 e. The molecule has 2 heterocycles. The normalized spacial score (nSPS) is 30.8. The van der Waals surface area contributed by atoms with Crippen molar-refractivity contribution in [1.82, 2.24) is 0 Å². The van der Waals surface area contributed by atoms with E-state index >= 15 is 0 Å². The van der Waals surface area contributed by atoms with Gasteiger partial charge in [-0.1, -0.05) is 24.8 Å². The van der Waals surface area contributed by atoms with Gasteiger partial charge in [0.1, 0.15) is 5.60 Å². The van der Waals surface area contributed by atoms with Gasteiger partial charge in [-0.3, -0.25) is 0 Å². The van der Waals surface area contributed by atoms with Crippen LogP contribution in [-0.4, -0.2) is 44.0 Å². The summed E-state index contributed by atoms with van der Waals surface area (Å²) in [5.74, 6) is 0. The number of hydrogen-bond donors (Lipinski definition) is 1. The van der Waals surface area contributed by atoms with Gasteiger partial charge in [-0.25, -0.2) is 8.42 Å². The SMILES string of the molecule is C=C=C(C)CC1CCC2OC(/C=C/S(=O)(=O)c3ccccc3)CC2(CO)O1. The molecule has 146 valence electrons. The van der Waals surface area contributed by atoms with Gasteiger partial charge in [-0.2, -0.15) is 0 Å². The van der Waals surface area contributed by atoms with E-state index in [1.165, 1.54) is 5.41 Å². The smallest absolute Gasteiger partial charge is 0.199 e. The predicted octanol–water partition coefficient (Wildman–Crippen LogP) is 3.16. The molecule has 1 aromatic carbocycles. The van der Waals surface area contributed by atoms with Crippen molar-refractivity contribution in [2.75, 3.05) is 6.61 Å². The van der Waals surface area contributed by atoms with E-state index in [9.17, 15) is 13.5 Å². The summed E-state index contributed by atoms with van der Waals surface area (Å²) >= 11 is 0. The topological polar surface area (TPSA) is 72.8 Å². The third kappa shape index (κ3) is 4.42. The molecule has 1 N–H and O–H groups in total. The van der Waals surface area contributed by atoms with Crippen LogP contribution in [0.3, 0.4) is 0 Å². The van der Waals surface area contributed by atoms with E-state index in [-0.39, 0.29) is 23.7 Å². The Morgan fingerprint density at radius 1 is 1.37 bits per heavy atom. The summed E-state index contributed by atoms with van der Waals surface area (Å²) in [6, 6.07) is 8.28. The summed E-state index contributed by atoms with van der Waals surface area (Å²) in [6.07, 6.45) is 3.66. The van der Waals surface area contributed by atoms with Crippen molar-refractivity contribution < 1.29 is 23.0 Å². The number of aliphatic hydroxyl groups is 1. The number of fused-ring (bicyclic) bond motifs is 1. The van der Waals surface area contributed by atoms with Crippen LogP contribution in [0.4, 0.5) is 0 Å². The van der Waals surface area contributed by atoms with Crippen LogP contribution in [0.15, 0.2) is 64.6 Å². The van der Waals surface area contributed by atoms with Gasteiger partial charge in [0.2, 0.25) is 0 Å². The number of aliphatic hydroxyl groups excluding tert-OH is 1. The van der Waals surface area contributed by atoms with Crippen LogP contribution < -0.4 is 0 Å². The van der Waals surface area contributed by atoms with Crippen molar-refractivity contribution in [2.45, 2.75) is 61.4 Å². The molecule has 5 nitrogen and oxygen atoms in total. The molecule has 0 aromatic heterocycles. The van der Waals surface area contributed by atoms with Gasteiger partial charge in [0.05, 0.1) is 29.8 Å². The highest BCUT2D eigenvalue weighted by Crippen LogP contribution is 2.42. The third-order valence-electron chi connectivity index (χ3n) is 5.27. The van der Waals surface area contributed by atoms with Gasteiger partial charge in [0.25, 0.3) is 0 Å². The maximum absolute atomic E-state index is 12.4. The summed E-state index contributed by atoms with van der Waals surface area (Å²) < 4.78 is 37.1. The zero-order valence-electron chi connectivity index (χ0n) is 15.5. The fourth-order valence-electron chi connectivity index (χ4n) is 3.79. The average molecular weight is 391 g/mol. The number of hydrogen-bond acceptors (Lipinski definition) is 5. The minimum absolute atomic E-state index is 0.0120. The number of sulfone groups is 1. The molecule has 2 saturated heterocycles. The van der Waals surface area contributed by atoms with E-state index in [2.05, 4.69) is 12.3 Å². The molecule has 0 amide bonds. The second-order valence-electron chi connectivity index (χ2n) is 7.26. The number of rotatable bonds is 6. The van der Waals surface area contributed by atoms with E-state index < -0.39 is 21.5 Å². The van der Waals surface area contributed by atoms with E-state index in [0.29, 0.717) is 6.42 Å². The van der Waals surface area contributed by atoms with Gasteiger partial charge in [0, 0.05) is 18.2 Å². The fraction of sp³-hybridized carbons (Fsp3) is 0.476. The first-order valence-corrected chi connectivity index (χ1v) is 10.7. The Morgan fingerprint density at radius 3 is 2.78 bits per heavy atom. The van der Waals surface area contributed by atoms with E-state index in [4.69, 9.17) is 9.47 Å². The minimum Gasteiger partial charge on any atom is -0.393 e. The summed E-state index contributed by atoms with van der Waals surface area (Å²) in [4.78, 5) is 0.247. The molecule has 2 fully saturated rings. The van der Waals surface area contributed by atoms with Crippen LogP contribution in [0.2, 0.25) is 0 Å². The average Bonchev–Trinajstić information content (AvgIpc) is 3.05. The lowest BCUT2D eigenvalue weighted by Gasteiger charge is -2.40. The van der Waals surface area contributed by atoms with Crippen LogP contribution in [0.1, 0.15) is 32.6 Å². The Bertz CT molecular complexity index is 839. The first kappa shape index (κ1) is 20.1. The summed E-state index contributed by atoms with van der Waals surface area (Å²) in [5.41, 5.74) is 3.12. The van der Waals surface area contributed by atoms with Crippen molar-refractivity contribution in [3.05, 3.63) is 59.7 Å². The van der Waals surface area contributed by atoms with E-state index in [0.717, 1.165) is 24.8 Å². The maximum atomic E-state index is 12.4. The summed E-state index contributed by atoms with van der Waals surface area (Å²) in [7, 11) is -3.52. The molecule has 0 spiro atoms. The highest BCUT2D eigenvalue weighted by molar-refractivity contribution is 7.94. The zero-order valence-corrected chi connectivity index (χ0v) is 16.3. The van der Waals surface area contributed by atoms with Gasteiger partial charge in [-0.15, -0.1) is 5.73 Å². The van der Waals surface area contributed by atoms with Crippen LogP contribution in [0.25, 0.3) is 0 Å². The molecule has 0 radical (unpaired) electrons. The lowest BCUT2D eigenvalue weighted by atomic mass is 9.86. The standard InChI is InChI=1S/C21H26O5S/c1-3-16(2)13-17-9-10-20-21(15-22,26-17)14-18(25-20)11-12-27(23,24)19-7-5-4-6-8-19/h4-8,11-12,17-18,20,22H,1,9-10,13-15H2,2H3/b12-11+. The summed E-state index contributed by atoms with van der Waals surface area (Å²) in [6.45, 7) is 5.46. The molecule has 0 bridgehead atoms. The van der Waals surface area contributed by atoms with E-state index in [1.807, 2.05) is 6.92 Å². The molecule has 1 aromatic rings. The van der Waals surface area contributed by atoms with Crippen LogP contribution in [-0.2, 0) is 19.3 Å². The van der Waals surface area contributed by atoms with Gasteiger partial charge in [-0.05, 0) is 43.5 Å². The van der Waals surface area contributed by atoms with Gasteiger partial charge in [0.15, 0.2) is 9.84 Å². The van der Waals surface area contributed by atoms with Crippen molar-refractivity contribution in [2.24, 2.45) is 0 Å². The highest BCUT2D eigenvalue weighted by Gasteiger charge is 2.52. The number of ether oxygens (including phenoxy) is 2. The number of benzene rings is 1. The Morgan fingerprint density at radius 2 is 2.11 bits per heavy atom. The van der Waals surface area contributed by atoms with Crippen LogP contribution in [0, 0.1) is 0 Å². The predicted molar refractivity (Wildman–Crippen MR) is 103 cm³/mol. The molecule has 3 rings (SSSR count). The lowest BCUT2D eigenvalue weighted by Crippen LogP contribution is -2.51. The third-order valence-corrected chi connectivity index (χ3v) is 6.72. The molecule has 2 aliphatic heterocycles. The van der Waals surface area contributed by atoms with E-state index in [1.54, 1.807) is 36.4 Å². The summed E-state index contributed by atoms with van der Waals surface area (Å²) in [5, 5.41) is 11.2. The second kappa shape index (κ2) is 8.13. The van der Waals surface area contributed by atoms with Crippen molar-refractivity contribution in [3.63, 3.8) is 0 Å². The Balaban J connectivity index is 1.71. The second-order valence-corrected chi connectivity index (χ2v) is 9.09. The monoisotopic (exact) mass is 390 g/mol. The molecule has 2 aliphatic rings. The fourth-order valence-corrected chi connectivity index (χ4v) is 4.87. The molecular formula is C21H26O5S. The quantitative estimate of drug-likeness (QED) is 0.756. The zero-order chi connectivity index (χ0) is 19.5. The largest absolute Gasteiger partial charge is 0.393 e. The molecule has 4 atom stereocenters. The minimum atomic E-state index is -3.52.